The van der Waals surface area contributed by atoms with Crippen LogP contribution in [0.5, 0.6) is 11.5 Å². The van der Waals surface area contributed by atoms with Crippen LogP contribution in [0.1, 0.15) is 44.7 Å². The van der Waals surface area contributed by atoms with E-state index in [1.165, 1.54) is 13.2 Å². The number of methoxy groups -OCH3 is 1. The lowest BCUT2D eigenvalue weighted by Crippen LogP contribution is -2.70. The summed E-state index contributed by atoms with van der Waals surface area (Å²) in [5.74, 6) is -3.37. The average Bonchev–Trinajstić information content (AvgIpc) is 3.32. The van der Waals surface area contributed by atoms with Crippen LogP contribution >= 0.6 is 0 Å². The molecule has 0 amide bonds. The number of Topliss-reactive ketones (excluding diaryl/α,β-unsaturated/α-hetero) is 1. The molecule has 2 aromatic carbocycles. The number of hydrogen-bond acceptors (Lipinski definition) is 9. The van der Waals surface area contributed by atoms with Crippen LogP contribution in [0.3, 0.4) is 0 Å². The first-order valence-corrected chi connectivity index (χ1v) is 15.8. The van der Waals surface area contributed by atoms with E-state index in [1.807, 2.05) is 49.4 Å². The van der Waals surface area contributed by atoms with Crippen molar-refractivity contribution >= 4 is 11.8 Å². The van der Waals surface area contributed by atoms with Crippen LogP contribution in [0.4, 0.5) is 0 Å². The fourth-order valence-electron chi connectivity index (χ4n) is 8.71. The van der Waals surface area contributed by atoms with E-state index < -0.39 is 46.7 Å². The highest BCUT2D eigenvalue weighted by molar-refractivity contribution is 6.04. The van der Waals surface area contributed by atoms with Crippen molar-refractivity contribution in [3.63, 3.8) is 0 Å². The quantitative estimate of drug-likeness (QED) is 0.315. The summed E-state index contributed by atoms with van der Waals surface area (Å²) < 4.78 is 31.8. The van der Waals surface area contributed by atoms with Crippen molar-refractivity contribution in [1.82, 2.24) is 0 Å². The third-order valence-electron chi connectivity index (χ3n) is 10.7. The summed E-state index contributed by atoms with van der Waals surface area (Å²) in [6.07, 6.45) is 4.13. The van der Waals surface area contributed by atoms with Gasteiger partial charge in [0.05, 0.1) is 25.6 Å². The molecule has 9 heteroatoms. The smallest absolute Gasteiger partial charge is 0.310 e. The molecular formula is C37H40O9. The molecule has 3 fully saturated rings. The monoisotopic (exact) mass is 628 g/mol. The highest BCUT2D eigenvalue weighted by Gasteiger charge is 2.79. The summed E-state index contributed by atoms with van der Waals surface area (Å²) in [5, 5.41) is 22.3. The molecule has 0 spiro atoms. The van der Waals surface area contributed by atoms with Crippen molar-refractivity contribution < 1.29 is 43.5 Å². The minimum atomic E-state index is -1.80. The van der Waals surface area contributed by atoms with E-state index in [2.05, 4.69) is 13.5 Å². The van der Waals surface area contributed by atoms with Crippen molar-refractivity contribution in [1.29, 1.82) is 0 Å². The molecule has 0 aromatic heterocycles. The molecule has 0 radical (unpaired) electrons. The Bertz CT molecular complexity index is 1680. The molecule has 8 atom stereocenters. The molecule has 242 valence electrons. The molecule has 5 aliphatic rings. The fourth-order valence-corrected chi connectivity index (χ4v) is 8.71. The maximum Gasteiger partial charge on any atom is 0.310 e. The number of rotatable bonds is 8. The number of carbonyl (C=O) groups is 2. The Labute approximate surface area is 268 Å². The van der Waals surface area contributed by atoms with E-state index in [0.29, 0.717) is 29.6 Å². The van der Waals surface area contributed by atoms with Crippen LogP contribution in [-0.4, -0.2) is 64.6 Å². The minimum Gasteiger partial charge on any atom is -0.504 e. The molecule has 9 nitrogen and oxygen atoms in total. The van der Waals surface area contributed by atoms with Gasteiger partial charge < -0.3 is 33.9 Å². The second kappa shape index (κ2) is 10.6. The zero-order valence-electron chi connectivity index (χ0n) is 26.6. The highest BCUT2D eigenvalue weighted by atomic mass is 16.9. The number of aromatic hydroxyl groups is 1. The predicted molar refractivity (Wildman–Crippen MR) is 167 cm³/mol. The van der Waals surface area contributed by atoms with Crippen LogP contribution in [0, 0.1) is 17.8 Å². The van der Waals surface area contributed by atoms with Crippen molar-refractivity contribution in [2.75, 3.05) is 13.7 Å². The van der Waals surface area contributed by atoms with Gasteiger partial charge in [-0.05, 0) is 66.2 Å². The van der Waals surface area contributed by atoms with Gasteiger partial charge in [0.1, 0.15) is 23.9 Å². The van der Waals surface area contributed by atoms with Crippen molar-refractivity contribution in [3.8, 4) is 11.5 Å². The number of ketones is 1. The number of aliphatic hydroxyl groups is 1. The summed E-state index contributed by atoms with van der Waals surface area (Å²) in [5.41, 5.74) is -0.241. The Hall–Kier alpha value is -3.76. The van der Waals surface area contributed by atoms with Gasteiger partial charge in [0.25, 0.3) is 5.97 Å². The topological polar surface area (TPSA) is 121 Å². The molecule has 1 saturated carbocycles. The first-order chi connectivity index (χ1) is 21.9. The van der Waals surface area contributed by atoms with Gasteiger partial charge in [-0.3, -0.25) is 9.59 Å². The van der Waals surface area contributed by atoms with E-state index >= 15 is 0 Å². The van der Waals surface area contributed by atoms with Crippen LogP contribution in [0.25, 0.3) is 0 Å². The molecule has 2 saturated heterocycles. The van der Waals surface area contributed by atoms with Gasteiger partial charge in [0.15, 0.2) is 17.3 Å². The molecule has 0 unspecified atom stereocenters. The van der Waals surface area contributed by atoms with E-state index in [1.54, 1.807) is 19.1 Å². The van der Waals surface area contributed by atoms with E-state index in [4.69, 9.17) is 23.7 Å². The van der Waals surface area contributed by atoms with Gasteiger partial charge in [-0.25, -0.2) is 0 Å². The standard InChI is InChI=1S/C37H40O9/c1-21(2)35-17-23(4)37-27(33(35)44-36(45-35,46-37)19-24-9-7-6-8-10-24)14-26(18-34(41)30(37)13-22(3)32(34)40)20-43-31(39)16-25-11-12-28(38)29(15-25)42-5/h6-15,23,27,30,33,38,41H,1,16-20H2,2-5H3/t23-,27-,30-,33-,34-,35-,36-,37-/m1/s1. The number of phenols is 1. The Morgan fingerprint density at radius 1 is 1.11 bits per heavy atom. The third-order valence-corrected chi connectivity index (χ3v) is 10.7. The summed E-state index contributed by atoms with van der Waals surface area (Å²) in [6.45, 7) is 9.98. The molecule has 7 rings (SSSR count). The number of fused-ring (bicyclic) bond motifs is 2. The van der Waals surface area contributed by atoms with Crippen molar-refractivity contribution in [3.05, 3.63) is 95.1 Å². The molecule has 3 bridgehead atoms. The van der Waals surface area contributed by atoms with E-state index in [9.17, 15) is 19.8 Å². The second-order valence-corrected chi connectivity index (χ2v) is 13.7. The molecule has 3 aliphatic carbocycles. The Balaban J connectivity index is 1.27. The zero-order valence-corrected chi connectivity index (χ0v) is 26.6. The van der Waals surface area contributed by atoms with Gasteiger partial charge in [-0.1, -0.05) is 62.1 Å². The normalized spacial score (nSPS) is 37.1. The number of phenolic OH excluding ortho intramolecular Hbond substituents is 1. The SMILES string of the molecule is C=C(C)[C@]12C[C@@H](C)[C@@]34O[C@](Cc5ccccc5)(O[C@@H]1[C@H]3C=C(COC(=O)Cc1ccc(O)c(OC)c1)C[C@]1(O)C(=O)C(C)=C[C@@H]41)O2. The maximum absolute atomic E-state index is 13.8. The van der Waals surface area contributed by atoms with Crippen LogP contribution in [-0.2, 0) is 41.4 Å². The molecule has 2 aliphatic heterocycles. The van der Waals surface area contributed by atoms with Crippen LogP contribution in [0.15, 0.2) is 84.0 Å². The minimum absolute atomic E-state index is 0.0156. The number of ether oxygens (including phenoxy) is 5. The lowest BCUT2D eigenvalue weighted by Gasteiger charge is -2.59. The molecule has 2 aromatic rings. The molecule has 46 heavy (non-hydrogen) atoms. The van der Waals surface area contributed by atoms with Crippen molar-refractivity contribution in [2.45, 2.75) is 75.3 Å². The van der Waals surface area contributed by atoms with Gasteiger partial charge in [0, 0.05) is 18.3 Å². The Kier molecular flexibility index (Phi) is 7.14. The summed E-state index contributed by atoms with van der Waals surface area (Å²) in [4.78, 5) is 26.8. The number of carbonyl (C=O) groups excluding carboxylic acids is 2. The van der Waals surface area contributed by atoms with Crippen LogP contribution in [0.2, 0.25) is 0 Å². The van der Waals surface area contributed by atoms with E-state index in [0.717, 1.165) is 11.1 Å². The van der Waals surface area contributed by atoms with Gasteiger partial charge in [-0.2, -0.15) is 0 Å². The first kappa shape index (κ1) is 30.9. The number of hydrogen-bond donors (Lipinski definition) is 2. The fraction of sp³-hybridized carbons (Fsp3) is 0.459. The largest absolute Gasteiger partial charge is 0.504 e. The second-order valence-electron chi connectivity index (χ2n) is 13.7. The Morgan fingerprint density at radius 3 is 2.59 bits per heavy atom. The first-order valence-electron chi connectivity index (χ1n) is 15.8. The van der Waals surface area contributed by atoms with Gasteiger partial charge in [0.2, 0.25) is 0 Å². The summed E-state index contributed by atoms with van der Waals surface area (Å²) in [6, 6.07) is 14.5. The molecule has 2 N–H and O–H groups in total. The van der Waals surface area contributed by atoms with Gasteiger partial charge >= 0.3 is 5.97 Å². The summed E-state index contributed by atoms with van der Waals surface area (Å²) in [7, 11) is 1.44. The maximum atomic E-state index is 13.8. The Morgan fingerprint density at radius 2 is 1.87 bits per heavy atom. The highest BCUT2D eigenvalue weighted by Crippen LogP contribution is 2.68. The molecular weight excluding hydrogens is 588 g/mol. The van der Waals surface area contributed by atoms with Crippen molar-refractivity contribution in [2.24, 2.45) is 17.8 Å². The number of benzene rings is 2. The number of esters is 1. The summed E-state index contributed by atoms with van der Waals surface area (Å²) >= 11 is 0. The zero-order chi connectivity index (χ0) is 32.6. The average molecular weight is 629 g/mol. The van der Waals surface area contributed by atoms with Crippen LogP contribution < -0.4 is 4.74 Å². The predicted octanol–water partition coefficient (Wildman–Crippen LogP) is 4.74. The lowest BCUT2D eigenvalue weighted by molar-refractivity contribution is -0.421. The van der Waals surface area contributed by atoms with Gasteiger partial charge in [-0.15, -0.1) is 0 Å². The van der Waals surface area contributed by atoms with E-state index in [-0.39, 0.29) is 42.6 Å². The molecule has 2 heterocycles. The lowest BCUT2D eigenvalue weighted by atomic mass is 9.55. The third kappa shape index (κ3) is 4.43.